The van der Waals surface area contributed by atoms with E-state index in [-0.39, 0.29) is 0 Å². The number of hydrogen-bond acceptors (Lipinski definition) is 5. The van der Waals surface area contributed by atoms with Crippen LogP contribution >= 0.6 is 11.8 Å². The Morgan fingerprint density at radius 2 is 2.43 bits per heavy atom. The van der Waals surface area contributed by atoms with Crippen molar-refractivity contribution in [3.63, 3.8) is 0 Å². The highest BCUT2D eigenvalue weighted by Crippen LogP contribution is 2.21. The third kappa shape index (κ3) is 1.92. The van der Waals surface area contributed by atoms with Gasteiger partial charge in [0, 0.05) is 24.1 Å². The van der Waals surface area contributed by atoms with Gasteiger partial charge in [-0.1, -0.05) is 0 Å². The van der Waals surface area contributed by atoms with Crippen molar-refractivity contribution >= 4 is 23.4 Å². The summed E-state index contributed by atoms with van der Waals surface area (Å²) in [6.45, 7) is 3.24. The van der Waals surface area contributed by atoms with Crippen LogP contribution < -0.4 is 10.6 Å². The van der Waals surface area contributed by atoms with E-state index in [0.29, 0.717) is 11.9 Å². The molecule has 2 heterocycles. The first-order valence-corrected chi connectivity index (χ1v) is 5.85. The number of aromatic nitrogens is 2. The lowest BCUT2D eigenvalue weighted by molar-refractivity contribution is 0.688. The molecule has 1 aromatic rings. The molecule has 1 aliphatic rings. The van der Waals surface area contributed by atoms with E-state index in [9.17, 15) is 0 Å². The lowest BCUT2D eigenvalue weighted by Gasteiger charge is -2.33. The quantitative estimate of drug-likeness (QED) is 0.749. The van der Waals surface area contributed by atoms with Gasteiger partial charge in [-0.25, -0.2) is 4.98 Å². The molecule has 0 aliphatic carbocycles. The Hall–Kier alpha value is -0.970. The van der Waals surface area contributed by atoms with Gasteiger partial charge in [-0.3, -0.25) is 4.98 Å². The van der Waals surface area contributed by atoms with Gasteiger partial charge in [-0.15, -0.1) is 0 Å². The summed E-state index contributed by atoms with van der Waals surface area (Å²) >= 11 is 1.98. The van der Waals surface area contributed by atoms with Gasteiger partial charge in [-0.05, 0) is 6.92 Å². The molecule has 1 saturated heterocycles. The molecule has 0 spiro atoms. The van der Waals surface area contributed by atoms with Gasteiger partial charge in [0.2, 0.25) is 0 Å². The molecule has 0 bridgehead atoms. The van der Waals surface area contributed by atoms with Crippen LogP contribution in [0.4, 0.5) is 11.6 Å². The molecule has 1 aromatic heterocycles. The first-order chi connectivity index (χ1) is 6.77. The van der Waals surface area contributed by atoms with Crippen LogP contribution in [0.1, 0.15) is 6.92 Å². The lowest BCUT2D eigenvalue weighted by Crippen LogP contribution is -2.41. The first-order valence-electron chi connectivity index (χ1n) is 4.69. The second kappa shape index (κ2) is 4.04. The number of nitrogens with two attached hydrogens (primary N) is 1. The van der Waals surface area contributed by atoms with Crippen LogP contribution in [-0.4, -0.2) is 34.1 Å². The molecule has 0 radical (unpaired) electrons. The van der Waals surface area contributed by atoms with Crippen molar-refractivity contribution < 1.29 is 0 Å². The second-order valence-corrected chi connectivity index (χ2v) is 4.57. The number of anilines is 2. The van der Waals surface area contributed by atoms with Crippen molar-refractivity contribution in [2.24, 2.45) is 0 Å². The fourth-order valence-electron chi connectivity index (χ4n) is 1.58. The predicted octanol–water partition coefficient (Wildman–Crippen LogP) is 1.00. The number of rotatable bonds is 1. The van der Waals surface area contributed by atoms with E-state index in [1.165, 1.54) is 0 Å². The molecule has 1 aliphatic heterocycles. The first kappa shape index (κ1) is 9.58. The summed E-state index contributed by atoms with van der Waals surface area (Å²) in [6.07, 6.45) is 3.36. The largest absolute Gasteiger partial charge is 0.382 e. The zero-order valence-electron chi connectivity index (χ0n) is 8.18. The topological polar surface area (TPSA) is 55.0 Å². The summed E-state index contributed by atoms with van der Waals surface area (Å²) in [4.78, 5) is 10.6. The molecule has 1 fully saturated rings. The van der Waals surface area contributed by atoms with E-state index in [1.54, 1.807) is 12.4 Å². The van der Waals surface area contributed by atoms with E-state index in [1.807, 2.05) is 11.8 Å². The smallest absolute Gasteiger partial charge is 0.149 e. The Morgan fingerprint density at radius 1 is 1.57 bits per heavy atom. The summed E-state index contributed by atoms with van der Waals surface area (Å²) in [5.41, 5.74) is 5.61. The number of nitrogens with zero attached hydrogens (tertiary/aromatic N) is 3. The summed E-state index contributed by atoms with van der Waals surface area (Å²) < 4.78 is 0. The standard InChI is InChI=1S/C9H14N4S/c1-7-6-14-3-2-13(7)9-5-11-4-8(10)12-9/h4-5,7H,2-3,6H2,1H3,(H2,10,12). The molecule has 1 atom stereocenters. The molecule has 4 nitrogen and oxygen atoms in total. The van der Waals surface area contributed by atoms with Crippen molar-refractivity contribution in [3.8, 4) is 0 Å². The molecule has 0 saturated carbocycles. The molecule has 14 heavy (non-hydrogen) atoms. The summed E-state index contributed by atoms with van der Waals surface area (Å²) in [7, 11) is 0. The van der Waals surface area contributed by atoms with Gasteiger partial charge in [0.15, 0.2) is 0 Å². The van der Waals surface area contributed by atoms with Crippen molar-refractivity contribution in [1.82, 2.24) is 9.97 Å². The van der Waals surface area contributed by atoms with Gasteiger partial charge in [0.05, 0.1) is 12.4 Å². The van der Waals surface area contributed by atoms with Gasteiger partial charge in [0.1, 0.15) is 11.6 Å². The average Bonchev–Trinajstić information content (AvgIpc) is 2.18. The highest BCUT2D eigenvalue weighted by atomic mass is 32.2. The third-order valence-corrected chi connectivity index (χ3v) is 3.49. The zero-order chi connectivity index (χ0) is 9.97. The van der Waals surface area contributed by atoms with Crippen molar-refractivity contribution in [2.75, 3.05) is 28.7 Å². The average molecular weight is 210 g/mol. The Bertz CT molecular complexity index is 317. The molecular formula is C9H14N4S. The van der Waals surface area contributed by atoms with Gasteiger partial charge < -0.3 is 10.6 Å². The van der Waals surface area contributed by atoms with Gasteiger partial charge >= 0.3 is 0 Å². The normalized spacial score (nSPS) is 22.4. The fourth-order valence-corrected chi connectivity index (χ4v) is 2.59. The van der Waals surface area contributed by atoms with Crippen molar-refractivity contribution in [3.05, 3.63) is 12.4 Å². The summed E-state index contributed by atoms with van der Waals surface area (Å²) in [5.74, 6) is 3.70. The molecule has 0 aromatic carbocycles. The van der Waals surface area contributed by atoms with Crippen molar-refractivity contribution in [1.29, 1.82) is 0 Å². The summed E-state index contributed by atoms with van der Waals surface area (Å²) in [5, 5.41) is 0. The minimum absolute atomic E-state index is 0.493. The minimum Gasteiger partial charge on any atom is -0.382 e. The maximum Gasteiger partial charge on any atom is 0.149 e. The third-order valence-electron chi connectivity index (χ3n) is 2.30. The number of hydrogen-bond donors (Lipinski definition) is 1. The highest BCUT2D eigenvalue weighted by Gasteiger charge is 2.19. The van der Waals surface area contributed by atoms with Crippen LogP contribution in [0.2, 0.25) is 0 Å². The highest BCUT2D eigenvalue weighted by molar-refractivity contribution is 7.99. The van der Waals surface area contributed by atoms with E-state index >= 15 is 0 Å². The second-order valence-electron chi connectivity index (χ2n) is 3.42. The Kier molecular flexibility index (Phi) is 2.77. The van der Waals surface area contributed by atoms with Crippen LogP contribution in [0.5, 0.6) is 0 Å². The van der Waals surface area contributed by atoms with E-state index in [0.717, 1.165) is 23.9 Å². The lowest BCUT2D eigenvalue weighted by atomic mass is 10.3. The predicted molar refractivity (Wildman–Crippen MR) is 60.6 cm³/mol. The molecule has 76 valence electrons. The monoisotopic (exact) mass is 210 g/mol. The van der Waals surface area contributed by atoms with Crippen molar-refractivity contribution in [2.45, 2.75) is 13.0 Å². The molecular weight excluding hydrogens is 196 g/mol. The molecule has 1 unspecified atom stereocenters. The Balaban J connectivity index is 2.20. The molecule has 5 heteroatoms. The van der Waals surface area contributed by atoms with Gasteiger partial charge in [-0.2, -0.15) is 11.8 Å². The number of thioether (sulfide) groups is 1. The SMILES string of the molecule is CC1CSCCN1c1cncc(N)n1. The Morgan fingerprint density at radius 3 is 3.14 bits per heavy atom. The maximum atomic E-state index is 5.61. The minimum atomic E-state index is 0.493. The fraction of sp³-hybridized carbons (Fsp3) is 0.556. The van der Waals surface area contributed by atoms with E-state index < -0.39 is 0 Å². The molecule has 2 N–H and O–H groups in total. The van der Waals surface area contributed by atoms with Crippen LogP contribution in [0, 0.1) is 0 Å². The van der Waals surface area contributed by atoms with Crippen LogP contribution in [0.15, 0.2) is 12.4 Å². The number of nitrogen functional groups attached to an aromatic ring is 1. The van der Waals surface area contributed by atoms with Crippen LogP contribution in [-0.2, 0) is 0 Å². The molecule has 0 amide bonds. The van der Waals surface area contributed by atoms with Crippen LogP contribution in [0.3, 0.4) is 0 Å². The zero-order valence-corrected chi connectivity index (χ0v) is 9.00. The maximum absolute atomic E-state index is 5.61. The summed E-state index contributed by atoms with van der Waals surface area (Å²) in [6, 6.07) is 0.518. The Labute approximate surface area is 87.9 Å². The van der Waals surface area contributed by atoms with E-state index in [4.69, 9.17) is 5.73 Å². The molecule has 2 rings (SSSR count). The van der Waals surface area contributed by atoms with E-state index in [2.05, 4.69) is 21.8 Å². The van der Waals surface area contributed by atoms with Crippen LogP contribution in [0.25, 0.3) is 0 Å². The van der Waals surface area contributed by atoms with Gasteiger partial charge in [0.25, 0.3) is 0 Å².